The number of carbonyl (C=O) groups excluding carboxylic acids is 1. The minimum Gasteiger partial charge on any atom is -0.379 e. The number of nitrogens with one attached hydrogen (secondary N) is 1. The van der Waals surface area contributed by atoms with E-state index in [1.54, 1.807) is 12.1 Å². The third-order valence-electron chi connectivity index (χ3n) is 3.75. The van der Waals surface area contributed by atoms with Gasteiger partial charge in [0.25, 0.3) is 5.69 Å². The van der Waals surface area contributed by atoms with Crippen molar-refractivity contribution >= 4 is 33.2 Å². The van der Waals surface area contributed by atoms with Gasteiger partial charge in [-0.15, -0.1) is 0 Å². The molecule has 1 aliphatic rings. The number of amides is 1. The molecule has 0 radical (unpaired) electrons. The Kier molecular flexibility index (Phi) is 6.18. The van der Waals surface area contributed by atoms with Gasteiger partial charge in [0.2, 0.25) is 5.91 Å². The number of carbonyl (C=O) groups is 1. The Bertz CT molecular complexity index is 551. The lowest BCUT2D eigenvalue weighted by molar-refractivity contribution is -0.384. The second-order valence-electron chi connectivity index (χ2n) is 5.39. The van der Waals surface area contributed by atoms with E-state index in [4.69, 9.17) is 0 Å². The van der Waals surface area contributed by atoms with Crippen molar-refractivity contribution in [2.24, 2.45) is 0 Å². The second-order valence-corrected chi connectivity index (χ2v) is 6.31. The average molecular weight is 370 g/mol. The van der Waals surface area contributed by atoms with Crippen LogP contribution in [0, 0.1) is 10.1 Å². The van der Waals surface area contributed by atoms with Crippen molar-refractivity contribution in [1.82, 2.24) is 4.90 Å². The molecule has 120 valence electrons. The lowest BCUT2D eigenvalue weighted by Gasteiger charge is -2.20. The predicted octanol–water partition coefficient (Wildman–Crippen LogP) is 3.56. The largest absolute Gasteiger partial charge is 0.379 e. The molecule has 0 aliphatic carbocycles. The summed E-state index contributed by atoms with van der Waals surface area (Å²) in [6.07, 6.45) is 4.59. The fourth-order valence-electron chi connectivity index (χ4n) is 2.57. The lowest BCUT2D eigenvalue weighted by atomic mass is 10.2. The van der Waals surface area contributed by atoms with Crippen LogP contribution in [0.3, 0.4) is 0 Å². The molecule has 1 fully saturated rings. The Hall–Kier alpha value is -1.63. The zero-order valence-electron chi connectivity index (χ0n) is 12.4. The van der Waals surface area contributed by atoms with Crippen LogP contribution in [0.1, 0.15) is 32.1 Å². The summed E-state index contributed by atoms with van der Waals surface area (Å²) >= 11 is 3.24. The van der Waals surface area contributed by atoms with Gasteiger partial charge >= 0.3 is 0 Å². The maximum Gasteiger partial charge on any atom is 0.293 e. The van der Waals surface area contributed by atoms with Crippen LogP contribution < -0.4 is 5.32 Å². The molecule has 1 saturated heterocycles. The molecule has 2 rings (SSSR count). The van der Waals surface area contributed by atoms with Gasteiger partial charge in [0.15, 0.2) is 0 Å². The standard InChI is InChI=1S/C15H20BrN3O3/c16-12-6-7-13(14(11-12)19(21)22)17-8-4-10-18-9-3-1-2-5-15(18)20/h6-7,11,17H,1-5,8-10H2. The van der Waals surface area contributed by atoms with E-state index in [1.807, 2.05) is 4.90 Å². The highest BCUT2D eigenvalue weighted by molar-refractivity contribution is 9.10. The van der Waals surface area contributed by atoms with Crippen LogP contribution in [0.5, 0.6) is 0 Å². The average Bonchev–Trinajstić information content (AvgIpc) is 2.69. The number of likely N-dealkylation sites (tertiary alicyclic amines) is 1. The Morgan fingerprint density at radius 2 is 2.14 bits per heavy atom. The monoisotopic (exact) mass is 369 g/mol. The van der Waals surface area contributed by atoms with Gasteiger partial charge in [0.1, 0.15) is 5.69 Å². The quantitative estimate of drug-likeness (QED) is 0.472. The number of hydrogen-bond donors (Lipinski definition) is 1. The Balaban J connectivity index is 1.83. The van der Waals surface area contributed by atoms with Gasteiger partial charge in [-0.2, -0.15) is 0 Å². The molecule has 1 aromatic rings. The first kappa shape index (κ1) is 16.7. The fourth-order valence-corrected chi connectivity index (χ4v) is 2.92. The first-order chi connectivity index (χ1) is 10.6. The van der Waals surface area contributed by atoms with Crippen LogP contribution in [-0.4, -0.2) is 35.4 Å². The number of hydrogen-bond acceptors (Lipinski definition) is 4. The van der Waals surface area contributed by atoms with Gasteiger partial charge in [-0.25, -0.2) is 0 Å². The van der Waals surface area contributed by atoms with E-state index in [1.165, 1.54) is 6.07 Å². The second kappa shape index (κ2) is 8.12. The molecular formula is C15H20BrN3O3. The Morgan fingerprint density at radius 3 is 2.91 bits per heavy atom. The van der Waals surface area contributed by atoms with Crippen LogP contribution in [0.4, 0.5) is 11.4 Å². The smallest absolute Gasteiger partial charge is 0.293 e. The van der Waals surface area contributed by atoms with Crippen molar-refractivity contribution in [3.05, 3.63) is 32.8 Å². The third-order valence-corrected chi connectivity index (χ3v) is 4.24. The van der Waals surface area contributed by atoms with E-state index >= 15 is 0 Å². The molecule has 1 amide bonds. The van der Waals surface area contributed by atoms with E-state index in [-0.39, 0.29) is 11.6 Å². The Morgan fingerprint density at radius 1 is 1.32 bits per heavy atom. The molecule has 1 aliphatic heterocycles. The van der Waals surface area contributed by atoms with Crippen molar-refractivity contribution in [2.75, 3.05) is 25.0 Å². The summed E-state index contributed by atoms with van der Waals surface area (Å²) in [4.78, 5) is 24.4. The molecule has 0 spiro atoms. The molecule has 1 aromatic carbocycles. The van der Waals surface area contributed by atoms with Gasteiger partial charge < -0.3 is 10.2 Å². The number of anilines is 1. The summed E-state index contributed by atoms with van der Waals surface area (Å²) in [7, 11) is 0. The molecule has 0 atom stereocenters. The molecule has 1 N–H and O–H groups in total. The lowest BCUT2D eigenvalue weighted by Crippen LogP contribution is -2.32. The summed E-state index contributed by atoms with van der Waals surface area (Å²) in [5, 5.41) is 14.1. The number of nitro benzene ring substituents is 1. The van der Waals surface area contributed by atoms with Crippen LogP contribution in [0.25, 0.3) is 0 Å². The number of rotatable bonds is 6. The van der Waals surface area contributed by atoms with Gasteiger partial charge in [0, 0.05) is 36.6 Å². The molecule has 0 unspecified atom stereocenters. The minimum atomic E-state index is -0.397. The third kappa shape index (κ3) is 4.69. The zero-order valence-corrected chi connectivity index (χ0v) is 14.0. The van der Waals surface area contributed by atoms with Crippen molar-refractivity contribution < 1.29 is 9.72 Å². The number of benzene rings is 1. The fraction of sp³-hybridized carbons (Fsp3) is 0.533. The molecule has 1 heterocycles. The van der Waals surface area contributed by atoms with Crippen LogP contribution >= 0.6 is 15.9 Å². The van der Waals surface area contributed by atoms with Crippen molar-refractivity contribution in [3.63, 3.8) is 0 Å². The Labute approximate surface area is 138 Å². The van der Waals surface area contributed by atoms with Gasteiger partial charge in [-0.05, 0) is 31.4 Å². The molecule has 6 nitrogen and oxygen atoms in total. The topological polar surface area (TPSA) is 75.5 Å². The predicted molar refractivity (Wildman–Crippen MR) is 89.0 cm³/mol. The molecular weight excluding hydrogens is 350 g/mol. The normalized spacial score (nSPS) is 15.5. The van der Waals surface area contributed by atoms with E-state index in [0.29, 0.717) is 29.7 Å². The van der Waals surface area contributed by atoms with E-state index in [9.17, 15) is 14.9 Å². The first-order valence-electron chi connectivity index (χ1n) is 7.53. The van der Waals surface area contributed by atoms with E-state index < -0.39 is 4.92 Å². The highest BCUT2D eigenvalue weighted by Gasteiger charge is 2.16. The molecule has 0 bridgehead atoms. The molecule has 0 aromatic heterocycles. The molecule has 22 heavy (non-hydrogen) atoms. The summed E-state index contributed by atoms with van der Waals surface area (Å²) in [6, 6.07) is 4.95. The van der Waals surface area contributed by atoms with Crippen molar-refractivity contribution in [3.8, 4) is 0 Å². The van der Waals surface area contributed by atoms with Gasteiger partial charge in [-0.3, -0.25) is 14.9 Å². The number of nitrogens with zero attached hydrogens (tertiary/aromatic N) is 2. The summed E-state index contributed by atoms with van der Waals surface area (Å²) < 4.78 is 0.680. The minimum absolute atomic E-state index is 0.0558. The van der Waals surface area contributed by atoms with Crippen LogP contribution in [0.15, 0.2) is 22.7 Å². The number of nitro groups is 1. The van der Waals surface area contributed by atoms with Gasteiger partial charge in [-0.1, -0.05) is 22.4 Å². The summed E-state index contributed by atoms with van der Waals surface area (Å²) in [5.74, 6) is 0.229. The summed E-state index contributed by atoms with van der Waals surface area (Å²) in [5.41, 5.74) is 0.565. The molecule has 7 heteroatoms. The highest BCUT2D eigenvalue weighted by Crippen LogP contribution is 2.27. The SMILES string of the molecule is O=C1CCCCCN1CCCNc1ccc(Br)cc1[N+](=O)[O-]. The van der Waals surface area contributed by atoms with Crippen molar-refractivity contribution in [1.29, 1.82) is 0 Å². The summed E-state index contributed by atoms with van der Waals surface area (Å²) in [6.45, 7) is 2.14. The van der Waals surface area contributed by atoms with Crippen molar-refractivity contribution in [2.45, 2.75) is 32.1 Å². The van der Waals surface area contributed by atoms with E-state index in [0.717, 1.165) is 32.2 Å². The maximum atomic E-state index is 11.9. The molecule has 0 saturated carbocycles. The highest BCUT2D eigenvalue weighted by atomic mass is 79.9. The van der Waals surface area contributed by atoms with Crippen LogP contribution in [0.2, 0.25) is 0 Å². The van der Waals surface area contributed by atoms with E-state index in [2.05, 4.69) is 21.2 Å². The zero-order chi connectivity index (χ0) is 15.9. The van der Waals surface area contributed by atoms with Gasteiger partial charge in [0.05, 0.1) is 4.92 Å². The maximum absolute atomic E-state index is 11.9. The number of halogens is 1. The first-order valence-corrected chi connectivity index (χ1v) is 8.33. The van der Waals surface area contributed by atoms with Crippen LogP contribution in [-0.2, 0) is 4.79 Å².